The zero-order valence-electron chi connectivity index (χ0n) is 9.68. The van der Waals surface area contributed by atoms with E-state index in [9.17, 15) is 9.59 Å². The molecule has 0 aromatic rings. The van der Waals surface area contributed by atoms with Gasteiger partial charge in [0.25, 0.3) is 11.8 Å². The first-order chi connectivity index (χ1) is 8.17. The number of carbonyl (C=O) groups excluding carboxylic acids is 2. The summed E-state index contributed by atoms with van der Waals surface area (Å²) in [6, 6.07) is 0. The van der Waals surface area contributed by atoms with Gasteiger partial charge in [0, 0.05) is 25.2 Å². The van der Waals surface area contributed by atoms with Crippen molar-refractivity contribution in [1.29, 1.82) is 0 Å². The minimum atomic E-state index is -0.242. The lowest BCUT2D eigenvalue weighted by Gasteiger charge is -2.40. The van der Waals surface area contributed by atoms with Crippen molar-refractivity contribution < 1.29 is 19.1 Å². The molecular formula is C11H17NO4S. The number of imide groups is 1. The Morgan fingerprint density at radius 1 is 1.12 bits per heavy atom. The zero-order chi connectivity index (χ0) is 12.3. The highest BCUT2D eigenvalue weighted by Gasteiger charge is 2.38. The molecule has 17 heavy (non-hydrogen) atoms. The Bertz CT molecular complexity index is 299. The fourth-order valence-corrected chi connectivity index (χ4v) is 2.62. The molecular weight excluding hydrogens is 242 g/mol. The molecule has 0 aliphatic carbocycles. The van der Waals surface area contributed by atoms with Crippen LogP contribution in [0.15, 0.2) is 0 Å². The number of rotatable bonds is 3. The molecule has 6 heteroatoms. The third kappa shape index (κ3) is 2.81. The SMILES string of the molecule is O=C1COCC(=O)N1CC1(CS)CCOCC1. The van der Waals surface area contributed by atoms with Gasteiger partial charge in [-0.15, -0.1) is 0 Å². The maximum atomic E-state index is 11.7. The van der Waals surface area contributed by atoms with Crippen LogP contribution in [0.25, 0.3) is 0 Å². The Kier molecular flexibility index (Phi) is 4.06. The topological polar surface area (TPSA) is 55.8 Å². The van der Waals surface area contributed by atoms with Gasteiger partial charge in [-0.1, -0.05) is 0 Å². The van der Waals surface area contributed by atoms with Crippen molar-refractivity contribution in [1.82, 2.24) is 4.90 Å². The van der Waals surface area contributed by atoms with Crippen LogP contribution in [0.5, 0.6) is 0 Å². The molecule has 2 saturated heterocycles. The molecule has 0 unspecified atom stereocenters. The van der Waals surface area contributed by atoms with Crippen LogP contribution in [-0.2, 0) is 19.1 Å². The summed E-state index contributed by atoms with van der Waals surface area (Å²) in [4.78, 5) is 24.6. The lowest BCUT2D eigenvalue weighted by molar-refractivity contribution is -0.161. The van der Waals surface area contributed by atoms with Crippen molar-refractivity contribution in [3.8, 4) is 0 Å². The average molecular weight is 259 g/mol. The molecule has 0 N–H and O–H groups in total. The number of amides is 2. The highest BCUT2D eigenvalue weighted by Crippen LogP contribution is 2.33. The normalized spacial score (nSPS) is 25.1. The fourth-order valence-electron chi connectivity index (χ4n) is 2.20. The molecule has 0 aromatic heterocycles. The smallest absolute Gasteiger partial charge is 0.255 e. The lowest BCUT2D eigenvalue weighted by Crippen LogP contribution is -2.52. The van der Waals surface area contributed by atoms with Crippen LogP contribution in [0, 0.1) is 5.41 Å². The van der Waals surface area contributed by atoms with Gasteiger partial charge in [-0.05, 0) is 18.6 Å². The van der Waals surface area contributed by atoms with Crippen LogP contribution in [0.1, 0.15) is 12.8 Å². The quantitative estimate of drug-likeness (QED) is 0.577. The molecule has 2 heterocycles. The van der Waals surface area contributed by atoms with Gasteiger partial charge < -0.3 is 9.47 Å². The number of ether oxygens (including phenoxy) is 2. The molecule has 0 spiro atoms. The molecule has 0 saturated carbocycles. The number of thiol groups is 1. The second kappa shape index (κ2) is 5.37. The maximum Gasteiger partial charge on any atom is 0.255 e. The number of morpholine rings is 1. The zero-order valence-corrected chi connectivity index (χ0v) is 10.6. The molecule has 0 aromatic carbocycles. The van der Waals surface area contributed by atoms with Crippen LogP contribution in [0.4, 0.5) is 0 Å². The van der Waals surface area contributed by atoms with Crippen molar-refractivity contribution in [2.45, 2.75) is 12.8 Å². The predicted octanol–water partition coefficient (Wildman–Crippen LogP) is 0.0984. The molecule has 96 valence electrons. The van der Waals surface area contributed by atoms with Gasteiger partial charge in [-0.3, -0.25) is 14.5 Å². The summed E-state index contributed by atoms with van der Waals surface area (Å²) in [7, 11) is 0. The molecule has 2 aliphatic heterocycles. The highest BCUT2D eigenvalue weighted by atomic mass is 32.1. The van der Waals surface area contributed by atoms with Gasteiger partial charge in [0.05, 0.1) is 0 Å². The molecule has 2 fully saturated rings. The summed E-state index contributed by atoms with van der Waals surface area (Å²) in [6.07, 6.45) is 1.68. The first-order valence-corrected chi connectivity index (χ1v) is 6.40. The molecule has 0 bridgehead atoms. The summed E-state index contributed by atoms with van der Waals surface area (Å²) in [6.45, 7) is 1.80. The van der Waals surface area contributed by atoms with Crippen molar-refractivity contribution >= 4 is 24.4 Å². The summed E-state index contributed by atoms with van der Waals surface area (Å²) in [5, 5.41) is 0. The third-order valence-corrected chi connectivity index (χ3v) is 4.11. The standard InChI is InChI=1S/C11H17NO4S/c13-9-5-16-6-10(14)12(9)7-11(8-17)1-3-15-4-2-11/h17H,1-8H2. The molecule has 2 rings (SSSR count). The van der Waals surface area contributed by atoms with E-state index in [0.717, 1.165) is 12.8 Å². The van der Waals surface area contributed by atoms with Crippen LogP contribution in [0.3, 0.4) is 0 Å². The van der Waals surface area contributed by atoms with Crippen LogP contribution >= 0.6 is 12.6 Å². The number of nitrogens with zero attached hydrogens (tertiary/aromatic N) is 1. The monoisotopic (exact) mass is 259 g/mol. The highest BCUT2D eigenvalue weighted by molar-refractivity contribution is 7.80. The first kappa shape index (κ1) is 12.9. The minimum absolute atomic E-state index is 0.00485. The van der Waals surface area contributed by atoms with Crippen molar-refractivity contribution in [2.24, 2.45) is 5.41 Å². The van der Waals surface area contributed by atoms with Gasteiger partial charge in [0.15, 0.2) is 0 Å². The van der Waals surface area contributed by atoms with Gasteiger partial charge in [-0.2, -0.15) is 12.6 Å². The van der Waals surface area contributed by atoms with Crippen molar-refractivity contribution in [3.63, 3.8) is 0 Å². The maximum absolute atomic E-state index is 11.7. The first-order valence-electron chi connectivity index (χ1n) is 5.76. The Morgan fingerprint density at radius 2 is 1.71 bits per heavy atom. The summed E-state index contributed by atoms with van der Waals surface area (Å²) >= 11 is 4.37. The Morgan fingerprint density at radius 3 is 2.24 bits per heavy atom. The Balaban J connectivity index is 2.06. The second-order valence-electron chi connectivity index (χ2n) is 4.64. The van der Waals surface area contributed by atoms with Gasteiger partial charge in [0.2, 0.25) is 0 Å². The number of hydrogen-bond donors (Lipinski definition) is 1. The van der Waals surface area contributed by atoms with Crippen molar-refractivity contribution in [3.05, 3.63) is 0 Å². The van der Waals surface area contributed by atoms with E-state index < -0.39 is 0 Å². The number of carbonyl (C=O) groups is 2. The van der Waals surface area contributed by atoms with Crippen molar-refractivity contribution in [2.75, 3.05) is 38.7 Å². The van der Waals surface area contributed by atoms with Crippen LogP contribution < -0.4 is 0 Å². The van der Waals surface area contributed by atoms with E-state index in [2.05, 4.69) is 12.6 Å². The summed E-state index contributed by atoms with van der Waals surface area (Å²) in [5.41, 5.74) is -0.0932. The molecule has 0 atom stereocenters. The van der Waals surface area contributed by atoms with Crippen LogP contribution in [-0.4, -0.2) is 55.4 Å². The average Bonchev–Trinajstić information content (AvgIpc) is 2.35. The van der Waals surface area contributed by atoms with E-state index >= 15 is 0 Å². The molecule has 5 nitrogen and oxygen atoms in total. The minimum Gasteiger partial charge on any atom is -0.381 e. The summed E-state index contributed by atoms with van der Waals surface area (Å²) < 4.78 is 10.2. The van der Waals surface area contributed by atoms with E-state index in [1.165, 1.54) is 4.90 Å². The van der Waals surface area contributed by atoms with E-state index in [4.69, 9.17) is 9.47 Å². The van der Waals surface area contributed by atoms with E-state index in [1.807, 2.05) is 0 Å². The third-order valence-electron chi connectivity index (χ3n) is 3.44. The van der Waals surface area contributed by atoms with Gasteiger partial charge >= 0.3 is 0 Å². The molecule has 2 amide bonds. The Labute approximate surface area is 106 Å². The Hall–Kier alpha value is -0.590. The summed E-state index contributed by atoms with van der Waals surface area (Å²) in [5.74, 6) is 0.177. The van der Waals surface area contributed by atoms with Gasteiger partial charge in [0.1, 0.15) is 13.2 Å². The van der Waals surface area contributed by atoms with E-state index in [1.54, 1.807) is 0 Å². The largest absolute Gasteiger partial charge is 0.381 e. The lowest BCUT2D eigenvalue weighted by atomic mass is 9.81. The second-order valence-corrected chi connectivity index (χ2v) is 4.95. The van der Waals surface area contributed by atoms with E-state index in [0.29, 0.717) is 25.5 Å². The fraction of sp³-hybridized carbons (Fsp3) is 0.818. The predicted molar refractivity (Wildman–Crippen MR) is 63.9 cm³/mol. The molecule has 0 radical (unpaired) electrons. The number of hydrogen-bond acceptors (Lipinski definition) is 5. The van der Waals surface area contributed by atoms with Gasteiger partial charge in [-0.25, -0.2) is 0 Å². The van der Waals surface area contributed by atoms with Crippen LogP contribution in [0.2, 0.25) is 0 Å². The molecule has 2 aliphatic rings. The van der Waals surface area contributed by atoms with E-state index in [-0.39, 0.29) is 30.4 Å².